The molecule has 1 aromatic heterocycles. The van der Waals surface area contributed by atoms with Gasteiger partial charge in [-0.15, -0.1) is 0 Å². The second-order valence-corrected chi connectivity index (χ2v) is 6.18. The first-order valence-electron chi connectivity index (χ1n) is 7.98. The van der Waals surface area contributed by atoms with Gasteiger partial charge in [0.15, 0.2) is 5.82 Å². The van der Waals surface area contributed by atoms with Crippen molar-refractivity contribution in [1.29, 1.82) is 0 Å². The molecule has 3 aliphatic rings. The highest BCUT2D eigenvalue weighted by molar-refractivity contribution is 6.27. The molecule has 1 aromatic rings. The molecule has 0 saturated carbocycles. The predicted octanol–water partition coefficient (Wildman–Crippen LogP) is 1.31. The van der Waals surface area contributed by atoms with Crippen LogP contribution in [-0.2, 0) is 21.4 Å². The zero-order valence-corrected chi connectivity index (χ0v) is 13.3. The SMILES string of the molecule is CCCCCc1noc(C23CCCN(C2)C3)n1.O=C(O)C(=O)O. The Hall–Kier alpha value is -1.96. The highest BCUT2D eigenvalue weighted by Crippen LogP contribution is 2.41. The summed E-state index contributed by atoms with van der Waals surface area (Å²) in [6, 6.07) is 0. The minimum Gasteiger partial charge on any atom is -0.473 e. The monoisotopic (exact) mass is 325 g/mol. The number of hydrogen-bond donors (Lipinski definition) is 2. The zero-order chi connectivity index (χ0) is 16.9. The molecule has 0 unspecified atom stereocenters. The van der Waals surface area contributed by atoms with Gasteiger partial charge in [0.25, 0.3) is 0 Å². The van der Waals surface area contributed by atoms with E-state index in [1.54, 1.807) is 0 Å². The maximum Gasteiger partial charge on any atom is 0.414 e. The highest BCUT2D eigenvalue weighted by atomic mass is 16.5. The molecule has 0 aromatic carbocycles. The maximum atomic E-state index is 9.10. The molecular formula is C15H23N3O5. The summed E-state index contributed by atoms with van der Waals surface area (Å²) in [6.45, 7) is 5.72. The van der Waals surface area contributed by atoms with Crippen molar-refractivity contribution in [2.45, 2.75) is 50.9 Å². The summed E-state index contributed by atoms with van der Waals surface area (Å²) in [5, 5.41) is 18.9. The molecule has 3 aliphatic heterocycles. The maximum absolute atomic E-state index is 9.10. The number of fused-ring (bicyclic) bond motifs is 2. The van der Waals surface area contributed by atoms with Gasteiger partial charge in [0, 0.05) is 19.5 Å². The largest absolute Gasteiger partial charge is 0.473 e. The van der Waals surface area contributed by atoms with E-state index in [0.717, 1.165) is 31.2 Å². The van der Waals surface area contributed by atoms with Crippen LogP contribution in [0.2, 0.25) is 0 Å². The third-order valence-corrected chi connectivity index (χ3v) is 4.29. The lowest BCUT2D eigenvalue weighted by atomic mass is 9.72. The Morgan fingerprint density at radius 2 is 1.96 bits per heavy atom. The Kier molecular flexibility index (Phi) is 5.70. The third kappa shape index (κ3) is 4.28. The summed E-state index contributed by atoms with van der Waals surface area (Å²) in [6.07, 6.45) is 7.13. The van der Waals surface area contributed by atoms with Gasteiger partial charge in [-0.2, -0.15) is 4.98 Å². The lowest BCUT2D eigenvalue weighted by Crippen LogP contribution is -2.63. The molecule has 3 fully saturated rings. The molecule has 2 N–H and O–H groups in total. The van der Waals surface area contributed by atoms with E-state index < -0.39 is 11.9 Å². The number of carboxylic acid groups (broad SMARTS) is 2. The van der Waals surface area contributed by atoms with Crippen LogP contribution in [-0.4, -0.2) is 56.8 Å². The van der Waals surface area contributed by atoms with Crippen LogP contribution in [0.4, 0.5) is 0 Å². The van der Waals surface area contributed by atoms with Crippen LogP contribution in [0.3, 0.4) is 0 Å². The van der Waals surface area contributed by atoms with E-state index in [-0.39, 0.29) is 5.41 Å². The van der Waals surface area contributed by atoms with Gasteiger partial charge in [0.2, 0.25) is 5.89 Å². The first-order valence-corrected chi connectivity index (χ1v) is 7.98. The van der Waals surface area contributed by atoms with Crippen molar-refractivity contribution in [3.05, 3.63) is 11.7 Å². The van der Waals surface area contributed by atoms with Gasteiger partial charge in [0.05, 0.1) is 5.41 Å². The number of carbonyl (C=O) groups is 2. The first-order chi connectivity index (χ1) is 11.0. The van der Waals surface area contributed by atoms with Crippen molar-refractivity contribution in [1.82, 2.24) is 15.0 Å². The molecule has 8 heteroatoms. The first kappa shape index (κ1) is 17.4. The molecular weight excluding hydrogens is 302 g/mol. The molecule has 4 rings (SSSR count). The minimum atomic E-state index is -1.82. The average Bonchev–Trinajstić information content (AvgIpc) is 2.97. The number of hydrogen-bond acceptors (Lipinski definition) is 6. The summed E-state index contributed by atoms with van der Waals surface area (Å²) in [5.74, 6) is -1.84. The summed E-state index contributed by atoms with van der Waals surface area (Å²) >= 11 is 0. The van der Waals surface area contributed by atoms with E-state index in [4.69, 9.17) is 24.3 Å². The molecule has 0 radical (unpaired) electrons. The van der Waals surface area contributed by atoms with Gasteiger partial charge < -0.3 is 19.6 Å². The van der Waals surface area contributed by atoms with Gasteiger partial charge in [-0.1, -0.05) is 24.9 Å². The Morgan fingerprint density at radius 3 is 2.48 bits per heavy atom. The molecule has 2 bridgehead atoms. The number of rotatable bonds is 5. The van der Waals surface area contributed by atoms with Crippen molar-refractivity contribution in [3.63, 3.8) is 0 Å². The van der Waals surface area contributed by atoms with E-state index in [1.807, 2.05) is 0 Å². The van der Waals surface area contributed by atoms with Crippen LogP contribution in [0.5, 0.6) is 0 Å². The molecule has 0 atom stereocenters. The molecule has 0 aliphatic carbocycles. The van der Waals surface area contributed by atoms with Crippen molar-refractivity contribution in [2.24, 2.45) is 0 Å². The van der Waals surface area contributed by atoms with Crippen LogP contribution < -0.4 is 0 Å². The van der Waals surface area contributed by atoms with Crippen LogP contribution in [0, 0.1) is 0 Å². The number of aromatic nitrogens is 2. The number of aliphatic carboxylic acids is 2. The second-order valence-electron chi connectivity index (χ2n) is 6.18. The van der Waals surface area contributed by atoms with Crippen molar-refractivity contribution < 1.29 is 24.3 Å². The van der Waals surface area contributed by atoms with Gasteiger partial charge in [-0.25, -0.2) is 9.59 Å². The molecule has 0 amide bonds. The molecule has 8 nitrogen and oxygen atoms in total. The van der Waals surface area contributed by atoms with Gasteiger partial charge in [-0.3, -0.25) is 0 Å². The molecule has 3 saturated heterocycles. The fraction of sp³-hybridized carbons (Fsp3) is 0.733. The predicted molar refractivity (Wildman–Crippen MR) is 80.2 cm³/mol. The molecule has 4 heterocycles. The van der Waals surface area contributed by atoms with E-state index in [9.17, 15) is 0 Å². The van der Waals surface area contributed by atoms with E-state index in [2.05, 4.69) is 22.0 Å². The number of nitrogens with zero attached hydrogens (tertiary/aromatic N) is 3. The Labute approximate surface area is 134 Å². The smallest absolute Gasteiger partial charge is 0.414 e. The highest BCUT2D eigenvalue weighted by Gasteiger charge is 2.50. The molecule has 23 heavy (non-hydrogen) atoms. The lowest BCUT2D eigenvalue weighted by molar-refractivity contribution is -0.159. The van der Waals surface area contributed by atoms with E-state index >= 15 is 0 Å². The van der Waals surface area contributed by atoms with Crippen molar-refractivity contribution in [2.75, 3.05) is 19.6 Å². The quantitative estimate of drug-likeness (QED) is 0.614. The van der Waals surface area contributed by atoms with E-state index in [1.165, 1.54) is 38.6 Å². The normalized spacial score (nSPS) is 25.0. The zero-order valence-electron chi connectivity index (χ0n) is 13.3. The summed E-state index contributed by atoms with van der Waals surface area (Å²) in [4.78, 5) is 25.3. The van der Waals surface area contributed by atoms with Crippen LogP contribution in [0.15, 0.2) is 4.52 Å². The Balaban J connectivity index is 0.000000277. The topological polar surface area (TPSA) is 117 Å². The van der Waals surface area contributed by atoms with Gasteiger partial charge >= 0.3 is 11.9 Å². The molecule has 128 valence electrons. The van der Waals surface area contributed by atoms with Gasteiger partial charge in [0.1, 0.15) is 0 Å². The van der Waals surface area contributed by atoms with E-state index in [0.29, 0.717) is 0 Å². The number of carboxylic acids is 2. The number of piperidine rings is 2. The summed E-state index contributed by atoms with van der Waals surface area (Å²) < 4.78 is 5.49. The fourth-order valence-corrected chi connectivity index (χ4v) is 3.11. The fourth-order valence-electron chi connectivity index (χ4n) is 3.11. The standard InChI is InChI=1S/C13H21N3O.C2H2O4/c1-2-3-4-6-11-14-12(17-15-11)13-7-5-8-16(9-13)10-13;3-1(4)2(5)6/h2-10H2,1H3;(H,3,4)(H,5,6). The minimum absolute atomic E-state index is 0.217. The Morgan fingerprint density at radius 1 is 1.26 bits per heavy atom. The second kappa shape index (κ2) is 7.54. The average molecular weight is 325 g/mol. The summed E-state index contributed by atoms with van der Waals surface area (Å²) in [7, 11) is 0. The van der Waals surface area contributed by atoms with Crippen molar-refractivity contribution in [3.8, 4) is 0 Å². The Bertz CT molecular complexity index is 534. The molecule has 0 spiro atoms. The lowest BCUT2D eigenvalue weighted by Gasteiger charge is -2.52. The third-order valence-electron chi connectivity index (χ3n) is 4.29. The number of unbranched alkanes of at least 4 members (excludes halogenated alkanes) is 2. The van der Waals surface area contributed by atoms with Crippen LogP contribution in [0.1, 0.15) is 50.7 Å². The summed E-state index contributed by atoms with van der Waals surface area (Å²) in [5.41, 5.74) is 0.217. The van der Waals surface area contributed by atoms with Crippen LogP contribution in [0.25, 0.3) is 0 Å². The number of aryl methyl sites for hydroxylation is 1. The van der Waals surface area contributed by atoms with Crippen molar-refractivity contribution >= 4 is 11.9 Å². The van der Waals surface area contributed by atoms with Gasteiger partial charge in [-0.05, 0) is 25.8 Å². The van der Waals surface area contributed by atoms with Crippen LogP contribution >= 0.6 is 0 Å².